The van der Waals surface area contributed by atoms with Crippen molar-refractivity contribution in [1.82, 2.24) is 15.0 Å². The van der Waals surface area contributed by atoms with Crippen molar-refractivity contribution in [1.29, 1.82) is 0 Å². The summed E-state index contributed by atoms with van der Waals surface area (Å²) in [6, 6.07) is -0.122. The van der Waals surface area contributed by atoms with E-state index < -0.39 is 13.0 Å². The third kappa shape index (κ3) is 5.07. The predicted molar refractivity (Wildman–Crippen MR) is 61.3 cm³/mol. The highest BCUT2D eigenvalue weighted by Crippen LogP contribution is 2.13. The zero-order chi connectivity index (χ0) is 13.4. The van der Waals surface area contributed by atoms with E-state index in [-0.39, 0.29) is 18.0 Å². The number of nitrogens with zero attached hydrogens (tertiary/aromatic N) is 3. The molecular weight excluding hydrogens is 246 g/mol. The van der Waals surface area contributed by atoms with E-state index in [0.29, 0.717) is 13.2 Å². The number of hydrogen-bond acceptors (Lipinski definition) is 6. The van der Waals surface area contributed by atoms with Crippen LogP contribution in [0.15, 0.2) is 0 Å². The zero-order valence-electron chi connectivity index (χ0n) is 10.3. The second-order valence-corrected chi connectivity index (χ2v) is 3.29. The number of anilines is 1. The molecule has 8 heteroatoms. The molecule has 0 saturated carbocycles. The molecule has 0 aliphatic heterocycles. The average Bonchev–Trinajstić information content (AvgIpc) is 2.34. The Balaban J connectivity index is 2.76. The van der Waals surface area contributed by atoms with Gasteiger partial charge in [-0.05, 0) is 13.3 Å². The largest absolute Gasteiger partial charge is 0.464 e. The lowest BCUT2D eigenvalue weighted by Gasteiger charge is -2.08. The molecule has 0 spiro atoms. The molecule has 0 atom stereocenters. The number of ether oxygens (including phenoxy) is 2. The Labute approximate surface area is 104 Å². The molecule has 1 N–H and O–H groups in total. The molecule has 0 amide bonds. The van der Waals surface area contributed by atoms with Gasteiger partial charge in [0.25, 0.3) is 6.43 Å². The molecule has 1 rings (SSSR count). The van der Waals surface area contributed by atoms with Crippen LogP contribution in [0.25, 0.3) is 0 Å². The highest BCUT2D eigenvalue weighted by atomic mass is 19.3. The molecule has 102 valence electrons. The lowest BCUT2D eigenvalue weighted by Crippen LogP contribution is -2.13. The van der Waals surface area contributed by atoms with Crippen molar-refractivity contribution in [2.45, 2.75) is 26.7 Å². The van der Waals surface area contributed by atoms with Crippen molar-refractivity contribution < 1.29 is 18.3 Å². The van der Waals surface area contributed by atoms with E-state index in [9.17, 15) is 8.78 Å². The molecular formula is C10H16F2N4O2. The second kappa shape index (κ2) is 7.57. The molecule has 0 unspecified atom stereocenters. The molecule has 0 radical (unpaired) electrons. The first-order valence-corrected chi connectivity index (χ1v) is 5.69. The smallest absolute Gasteiger partial charge is 0.324 e. The van der Waals surface area contributed by atoms with Crippen LogP contribution in [0.5, 0.6) is 12.0 Å². The topological polar surface area (TPSA) is 69.2 Å². The maximum absolute atomic E-state index is 12.0. The fraction of sp³-hybridized carbons (Fsp3) is 0.700. The van der Waals surface area contributed by atoms with E-state index in [2.05, 4.69) is 20.3 Å². The molecule has 6 nitrogen and oxygen atoms in total. The molecule has 18 heavy (non-hydrogen) atoms. The summed E-state index contributed by atoms with van der Waals surface area (Å²) in [5.74, 6) is 0.250. The van der Waals surface area contributed by atoms with Gasteiger partial charge in [-0.1, -0.05) is 6.92 Å². The van der Waals surface area contributed by atoms with Gasteiger partial charge < -0.3 is 14.8 Å². The van der Waals surface area contributed by atoms with E-state index in [4.69, 9.17) is 9.47 Å². The Bertz CT molecular complexity index is 366. The van der Waals surface area contributed by atoms with Crippen LogP contribution in [0.2, 0.25) is 0 Å². The molecule has 0 aliphatic rings. The number of rotatable bonds is 8. The molecule has 0 aromatic carbocycles. The highest BCUT2D eigenvalue weighted by Gasteiger charge is 2.10. The molecule has 1 aromatic rings. The number of aromatic nitrogens is 3. The van der Waals surface area contributed by atoms with Gasteiger partial charge in [-0.15, -0.1) is 4.98 Å². The van der Waals surface area contributed by atoms with Gasteiger partial charge in [-0.3, -0.25) is 0 Å². The molecule has 0 saturated heterocycles. The van der Waals surface area contributed by atoms with E-state index in [0.717, 1.165) is 6.42 Å². The van der Waals surface area contributed by atoms with Crippen LogP contribution < -0.4 is 14.8 Å². The monoisotopic (exact) mass is 262 g/mol. The van der Waals surface area contributed by atoms with E-state index in [1.165, 1.54) is 0 Å². The van der Waals surface area contributed by atoms with Crippen LogP contribution >= 0.6 is 0 Å². The van der Waals surface area contributed by atoms with Crippen molar-refractivity contribution in [2.75, 3.05) is 25.1 Å². The lowest BCUT2D eigenvalue weighted by atomic mass is 10.5. The number of hydrogen-bond donors (Lipinski definition) is 1. The highest BCUT2D eigenvalue weighted by molar-refractivity contribution is 5.27. The van der Waals surface area contributed by atoms with E-state index in [1.807, 2.05) is 6.92 Å². The lowest BCUT2D eigenvalue weighted by molar-refractivity contribution is 0.0763. The van der Waals surface area contributed by atoms with Crippen molar-refractivity contribution in [3.63, 3.8) is 0 Å². The molecule has 0 fully saturated rings. The van der Waals surface area contributed by atoms with Crippen molar-refractivity contribution in [3.05, 3.63) is 0 Å². The van der Waals surface area contributed by atoms with Crippen LogP contribution in [0, 0.1) is 0 Å². The maximum Gasteiger partial charge on any atom is 0.324 e. The molecule has 0 aliphatic carbocycles. The summed E-state index contributed by atoms with van der Waals surface area (Å²) in [5, 5.41) is 2.91. The summed E-state index contributed by atoms with van der Waals surface area (Å²) in [6.07, 6.45) is -1.70. The summed E-state index contributed by atoms with van der Waals surface area (Å²) in [6.45, 7) is 4.01. The SMILES string of the molecule is CCCNc1nc(OCC)nc(OCC(F)F)n1. The normalized spacial score (nSPS) is 10.5. The fourth-order valence-electron chi connectivity index (χ4n) is 1.05. The Kier molecular flexibility index (Phi) is 6.03. The summed E-state index contributed by atoms with van der Waals surface area (Å²) >= 11 is 0. The van der Waals surface area contributed by atoms with Gasteiger partial charge in [-0.2, -0.15) is 9.97 Å². The van der Waals surface area contributed by atoms with Crippen molar-refractivity contribution in [3.8, 4) is 12.0 Å². The standard InChI is InChI=1S/C10H16F2N4O2/c1-3-5-13-8-14-9(17-4-2)16-10(15-8)18-6-7(11)12/h7H,3-6H2,1-2H3,(H,13,14,15,16). The van der Waals surface area contributed by atoms with Crippen LogP contribution in [-0.2, 0) is 0 Å². The van der Waals surface area contributed by atoms with E-state index in [1.54, 1.807) is 6.92 Å². The first-order valence-electron chi connectivity index (χ1n) is 5.69. The minimum absolute atomic E-state index is 0.0513. The fourth-order valence-corrected chi connectivity index (χ4v) is 1.05. The van der Waals surface area contributed by atoms with Crippen molar-refractivity contribution in [2.24, 2.45) is 0 Å². The predicted octanol–water partition coefficient (Wildman–Crippen LogP) is 1.74. The van der Waals surface area contributed by atoms with E-state index >= 15 is 0 Å². The van der Waals surface area contributed by atoms with Gasteiger partial charge in [0.05, 0.1) is 6.61 Å². The maximum atomic E-state index is 12.0. The Hall–Kier alpha value is -1.73. The molecule has 1 aromatic heterocycles. The second-order valence-electron chi connectivity index (χ2n) is 3.29. The average molecular weight is 262 g/mol. The Morgan fingerprint density at radius 2 is 1.78 bits per heavy atom. The number of halogens is 2. The zero-order valence-corrected chi connectivity index (χ0v) is 10.3. The van der Waals surface area contributed by atoms with Gasteiger partial charge in [0.2, 0.25) is 5.95 Å². The third-order valence-electron chi connectivity index (χ3n) is 1.74. The summed E-state index contributed by atoms with van der Waals surface area (Å²) in [5.41, 5.74) is 0. The van der Waals surface area contributed by atoms with Crippen LogP contribution in [0.1, 0.15) is 20.3 Å². The minimum Gasteiger partial charge on any atom is -0.464 e. The van der Waals surface area contributed by atoms with Gasteiger partial charge in [0, 0.05) is 6.54 Å². The quantitative estimate of drug-likeness (QED) is 0.769. The summed E-state index contributed by atoms with van der Waals surface area (Å²) in [7, 11) is 0. The van der Waals surface area contributed by atoms with Crippen molar-refractivity contribution >= 4 is 5.95 Å². The van der Waals surface area contributed by atoms with Gasteiger partial charge in [0.1, 0.15) is 0 Å². The molecule has 0 bridgehead atoms. The van der Waals surface area contributed by atoms with Gasteiger partial charge in [0.15, 0.2) is 6.61 Å². The summed E-state index contributed by atoms with van der Waals surface area (Å²) < 4.78 is 33.9. The minimum atomic E-state index is -2.58. The first kappa shape index (κ1) is 14.3. The van der Waals surface area contributed by atoms with Crippen LogP contribution in [-0.4, -0.2) is 41.1 Å². The first-order chi connectivity index (χ1) is 8.65. The number of alkyl halides is 2. The van der Waals surface area contributed by atoms with Crippen LogP contribution in [0.4, 0.5) is 14.7 Å². The third-order valence-corrected chi connectivity index (χ3v) is 1.74. The van der Waals surface area contributed by atoms with Crippen LogP contribution in [0.3, 0.4) is 0 Å². The Morgan fingerprint density at radius 1 is 1.11 bits per heavy atom. The van der Waals surface area contributed by atoms with Gasteiger partial charge >= 0.3 is 12.0 Å². The summed E-state index contributed by atoms with van der Waals surface area (Å²) in [4.78, 5) is 11.6. The van der Waals surface area contributed by atoms with Gasteiger partial charge in [-0.25, -0.2) is 8.78 Å². The number of nitrogens with one attached hydrogen (secondary N) is 1. The molecule has 1 heterocycles. The Morgan fingerprint density at radius 3 is 2.33 bits per heavy atom.